The first kappa shape index (κ1) is 13.8. The topological polar surface area (TPSA) is 79.5 Å². The van der Waals surface area contributed by atoms with E-state index in [4.69, 9.17) is 4.52 Å². The highest BCUT2D eigenvalue weighted by atomic mass is 16.5. The molecule has 2 aromatic rings. The minimum Gasteiger partial charge on any atom is -0.480 e. The van der Waals surface area contributed by atoms with Crippen molar-refractivity contribution in [2.24, 2.45) is 5.92 Å². The van der Waals surface area contributed by atoms with E-state index in [1.807, 2.05) is 42.2 Å². The minimum absolute atomic E-state index is 0.142. The number of nitrogens with zero attached hydrogens (tertiary/aromatic N) is 3. The van der Waals surface area contributed by atoms with Crippen molar-refractivity contribution in [3.05, 3.63) is 36.2 Å². The summed E-state index contributed by atoms with van der Waals surface area (Å²) in [7, 11) is 0. The van der Waals surface area contributed by atoms with Crippen LogP contribution in [0.5, 0.6) is 0 Å². The van der Waals surface area contributed by atoms with Crippen molar-refractivity contribution in [3.63, 3.8) is 0 Å². The molecule has 1 aliphatic heterocycles. The zero-order chi connectivity index (χ0) is 14.8. The van der Waals surface area contributed by atoms with Crippen LogP contribution < -0.4 is 0 Å². The molecule has 21 heavy (non-hydrogen) atoms. The molecule has 0 aliphatic carbocycles. The first-order valence-corrected chi connectivity index (χ1v) is 7.00. The molecule has 2 heterocycles. The number of likely N-dealkylation sites (tertiary alicyclic amines) is 1. The molecule has 2 atom stereocenters. The lowest BCUT2D eigenvalue weighted by atomic mass is 10.0. The smallest absolute Gasteiger partial charge is 0.321 e. The van der Waals surface area contributed by atoms with Crippen LogP contribution in [0, 0.1) is 5.92 Å². The Bertz CT molecular complexity index is 626. The number of carboxylic acids is 1. The van der Waals surface area contributed by atoms with E-state index in [0.717, 1.165) is 18.5 Å². The number of carboxylic acid groups (broad SMARTS) is 1. The van der Waals surface area contributed by atoms with Crippen LogP contribution in [0.4, 0.5) is 0 Å². The maximum Gasteiger partial charge on any atom is 0.321 e. The molecule has 1 aromatic heterocycles. The van der Waals surface area contributed by atoms with Gasteiger partial charge in [0.25, 0.3) is 5.89 Å². The SMILES string of the molecule is CC1CCN(Cc2noc(-c3ccccc3)n2)C1C(=O)O. The van der Waals surface area contributed by atoms with Crippen LogP contribution in [0.1, 0.15) is 19.2 Å². The third-order valence-electron chi connectivity index (χ3n) is 3.89. The predicted octanol–water partition coefficient (Wildman–Crippen LogP) is 2.03. The molecule has 1 saturated heterocycles. The first-order chi connectivity index (χ1) is 10.1. The fourth-order valence-electron chi connectivity index (χ4n) is 2.80. The van der Waals surface area contributed by atoms with Crippen molar-refractivity contribution in [2.75, 3.05) is 6.54 Å². The Kier molecular flexibility index (Phi) is 3.70. The van der Waals surface area contributed by atoms with Crippen LogP contribution in [0.15, 0.2) is 34.9 Å². The van der Waals surface area contributed by atoms with Gasteiger partial charge in [-0.25, -0.2) is 0 Å². The van der Waals surface area contributed by atoms with Gasteiger partial charge in [-0.2, -0.15) is 4.98 Å². The largest absolute Gasteiger partial charge is 0.480 e. The number of hydrogen-bond acceptors (Lipinski definition) is 5. The quantitative estimate of drug-likeness (QED) is 0.927. The first-order valence-electron chi connectivity index (χ1n) is 7.00. The Labute approximate surface area is 122 Å². The van der Waals surface area contributed by atoms with Crippen LogP contribution in [0.25, 0.3) is 11.5 Å². The van der Waals surface area contributed by atoms with Crippen molar-refractivity contribution in [1.82, 2.24) is 15.0 Å². The fourth-order valence-corrected chi connectivity index (χ4v) is 2.80. The van der Waals surface area contributed by atoms with E-state index in [0.29, 0.717) is 18.3 Å². The molecule has 2 unspecified atom stereocenters. The second-order valence-corrected chi connectivity index (χ2v) is 5.40. The molecular formula is C15H17N3O3. The summed E-state index contributed by atoms with van der Waals surface area (Å²) in [6, 6.07) is 9.06. The van der Waals surface area contributed by atoms with Gasteiger partial charge in [0.1, 0.15) is 6.04 Å². The van der Waals surface area contributed by atoms with E-state index in [-0.39, 0.29) is 5.92 Å². The van der Waals surface area contributed by atoms with E-state index >= 15 is 0 Å². The van der Waals surface area contributed by atoms with E-state index in [9.17, 15) is 9.90 Å². The third-order valence-corrected chi connectivity index (χ3v) is 3.89. The molecule has 1 aromatic carbocycles. The molecule has 1 aliphatic rings. The lowest BCUT2D eigenvalue weighted by Gasteiger charge is -2.21. The van der Waals surface area contributed by atoms with Crippen LogP contribution >= 0.6 is 0 Å². The Morgan fingerprint density at radius 1 is 1.43 bits per heavy atom. The molecule has 0 spiro atoms. The standard InChI is InChI=1S/C15H17N3O3/c1-10-7-8-18(13(10)15(19)20)9-12-16-14(21-17-12)11-5-3-2-4-6-11/h2-6,10,13H,7-9H2,1H3,(H,19,20). The summed E-state index contributed by atoms with van der Waals surface area (Å²) in [6.07, 6.45) is 0.875. The summed E-state index contributed by atoms with van der Waals surface area (Å²) in [4.78, 5) is 17.6. The van der Waals surface area contributed by atoms with Crippen LogP contribution in [0.3, 0.4) is 0 Å². The van der Waals surface area contributed by atoms with E-state index in [1.165, 1.54) is 0 Å². The second-order valence-electron chi connectivity index (χ2n) is 5.40. The minimum atomic E-state index is -0.785. The van der Waals surface area contributed by atoms with Crippen molar-refractivity contribution < 1.29 is 14.4 Å². The highest BCUT2D eigenvalue weighted by Gasteiger charge is 2.37. The van der Waals surface area contributed by atoms with Gasteiger partial charge in [0, 0.05) is 5.56 Å². The van der Waals surface area contributed by atoms with Gasteiger partial charge in [-0.05, 0) is 31.0 Å². The molecule has 0 radical (unpaired) electrons. The number of aliphatic carboxylic acids is 1. The van der Waals surface area contributed by atoms with Crippen LogP contribution in [-0.2, 0) is 11.3 Å². The summed E-state index contributed by atoms with van der Waals surface area (Å²) in [5.41, 5.74) is 0.862. The van der Waals surface area contributed by atoms with Gasteiger partial charge in [-0.15, -0.1) is 0 Å². The summed E-state index contributed by atoms with van der Waals surface area (Å²) in [5.74, 6) is 0.341. The predicted molar refractivity (Wildman–Crippen MR) is 75.3 cm³/mol. The second kappa shape index (κ2) is 5.65. The molecule has 0 saturated carbocycles. The average Bonchev–Trinajstić information content (AvgIpc) is 3.07. The summed E-state index contributed by atoms with van der Waals surface area (Å²) in [6.45, 7) is 3.11. The zero-order valence-electron chi connectivity index (χ0n) is 11.8. The summed E-state index contributed by atoms with van der Waals surface area (Å²) >= 11 is 0. The highest BCUT2D eigenvalue weighted by molar-refractivity contribution is 5.74. The average molecular weight is 287 g/mol. The molecule has 1 fully saturated rings. The van der Waals surface area contributed by atoms with Crippen LogP contribution in [0.2, 0.25) is 0 Å². The normalized spacial score (nSPS) is 22.5. The summed E-state index contributed by atoms with van der Waals surface area (Å²) in [5, 5.41) is 13.3. The Balaban J connectivity index is 1.74. The van der Waals surface area contributed by atoms with Crippen molar-refractivity contribution in [2.45, 2.75) is 25.9 Å². The fraction of sp³-hybridized carbons (Fsp3) is 0.400. The number of benzene rings is 1. The summed E-state index contributed by atoms with van der Waals surface area (Å²) < 4.78 is 5.25. The lowest BCUT2D eigenvalue weighted by molar-refractivity contribution is -0.143. The maximum absolute atomic E-state index is 11.3. The van der Waals surface area contributed by atoms with Crippen molar-refractivity contribution in [1.29, 1.82) is 0 Å². The number of carbonyl (C=O) groups is 1. The van der Waals surface area contributed by atoms with E-state index in [2.05, 4.69) is 10.1 Å². The Morgan fingerprint density at radius 3 is 2.90 bits per heavy atom. The zero-order valence-corrected chi connectivity index (χ0v) is 11.8. The van der Waals surface area contributed by atoms with Gasteiger partial charge in [-0.3, -0.25) is 9.69 Å². The highest BCUT2D eigenvalue weighted by Crippen LogP contribution is 2.26. The monoisotopic (exact) mass is 287 g/mol. The van der Waals surface area contributed by atoms with Gasteiger partial charge in [-0.1, -0.05) is 30.3 Å². The Morgan fingerprint density at radius 2 is 2.19 bits per heavy atom. The molecule has 6 nitrogen and oxygen atoms in total. The van der Waals surface area contributed by atoms with Gasteiger partial charge < -0.3 is 9.63 Å². The molecular weight excluding hydrogens is 270 g/mol. The van der Waals surface area contributed by atoms with Crippen molar-refractivity contribution in [3.8, 4) is 11.5 Å². The van der Waals surface area contributed by atoms with Crippen molar-refractivity contribution >= 4 is 5.97 Å². The van der Waals surface area contributed by atoms with Gasteiger partial charge in [0.15, 0.2) is 5.82 Å². The molecule has 0 amide bonds. The number of aromatic nitrogens is 2. The van der Waals surface area contributed by atoms with Gasteiger partial charge >= 0.3 is 5.97 Å². The lowest BCUT2D eigenvalue weighted by Crippen LogP contribution is -2.38. The van der Waals surface area contributed by atoms with Crippen LogP contribution in [-0.4, -0.2) is 38.7 Å². The van der Waals surface area contributed by atoms with Gasteiger partial charge in [0.05, 0.1) is 6.54 Å². The molecule has 110 valence electrons. The number of hydrogen-bond donors (Lipinski definition) is 1. The molecule has 3 rings (SSSR count). The van der Waals surface area contributed by atoms with Gasteiger partial charge in [0.2, 0.25) is 0 Å². The molecule has 1 N–H and O–H groups in total. The third kappa shape index (κ3) is 2.80. The van der Waals surface area contributed by atoms with E-state index in [1.54, 1.807) is 0 Å². The number of rotatable bonds is 4. The molecule has 6 heteroatoms. The maximum atomic E-state index is 11.3. The van der Waals surface area contributed by atoms with E-state index < -0.39 is 12.0 Å². The molecule has 0 bridgehead atoms. The Hall–Kier alpha value is -2.21.